The van der Waals surface area contributed by atoms with Gasteiger partial charge in [0.05, 0.1) is 0 Å². The van der Waals surface area contributed by atoms with Gasteiger partial charge in [0.25, 0.3) is 0 Å². The van der Waals surface area contributed by atoms with Crippen molar-refractivity contribution in [3.8, 4) is 0 Å². The summed E-state index contributed by atoms with van der Waals surface area (Å²) in [6.07, 6.45) is 1.23. The van der Waals surface area contributed by atoms with Crippen LogP contribution in [0.3, 0.4) is 0 Å². The molecule has 2 atom stereocenters. The molecular weight excluding hydrogens is 208 g/mol. The van der Waals surface area contributed by atoms with Crippen molar-refractivity contribution < 1.29 is 0 Å². The molecule has 0 aliphatic heterocycles. The van der Waals surface area contributed by atoms with Gasteiger partial charge in [0.15, 0.2) is 0 Å². The van der Waals surface area contributed by atoms with Crippen LogP contribution in [0, 0.1) is 11.3 Å². The zero-order chi connectivity index (χ0) is 11.1. The Bertz CT molecular complexity index is 345. The second-order valence-corrected chi connectivity index (χ2v) is 5.43. The highest BCUT2D eigenvalue weighted by atomic mass is 35.5. The van der Waals surface area contributed by atoms with Gasteiger partial charge in [-0.2, -0.15) is 0 Å². The van der Waals surface area contributed by atoms with Gasteiger partial charge in [-0.1, -0.05) is 37.6 Å². The second-order valence-electron chi connectivity index (χ2n) is 5.00. The van der Waals surface area contributed by atoms with E-state index < -0.39 is 0 Å². The van der Waals surface area contributed by atoms with Gasteiger partial charge >= 0.3 is 0 Å². The summed E-state index contributed by atoms with van der Waals surface area (Å²) in [5.74, 6) is 6.25. The minimum atomic E-state index is 0.247. The first-order chi connectivity index (χ1) is 7.04. The number of halogens is 1. The van der Waals surface area contributed by atoms with Crippen LogP contribution >= 0.6 is 11.6 Å². The molecule has 1 aliphatic rings. The normalized spacial score (nSPS) is 24.9. The Morgan fingerprint density at radius 3 is 2.33 bits per heavy atom. The Hall–Kier alpha value is -0.570. The minimum Gasteiger partial charge on any atom is -0.271 e. The lowest BCUT2D eigenvalue weighted by Gasteiger charge is -2.18. The summed E-state index contributed by atoms with van der Waals surface area (Å²) in [6, 6.07) is 8.16. The van der Waals surface area contributed by atoms with Crippen molar-refractivity contribution in [1.29, 1.82) is 0 Å². The average Bonchev–Trinajstić information content (AvgIpc) is 2.80. The van der Waals surface area contributed by atoms with Crippen molar-refractivity contribution >= 4 is 11.6 Å². The lowest BCUT2D eigenvalue weighted by molar-refractivity contribution is 0.423. The molecule has 82 valence electrons. The molecule has 2 nitrogen and oxygen atoms in total. The lowest BCUT2D eigenvalue weighted by Crippen LogP contribution is -2.30. The third-order valence-electron chi connectivity index (χ3n) is 3.40. The Labute approximate surface area is 95.8 Å². The average molecular weight is 225 g/mol. The quantitative estimate of drug-likeness (QED) is 0.612. The number of benzene rings is 1. The number of hydrogen-bond donors (Lipinski definition) is 2. The molecule has 0 bridgehead atoms. The van der Waals surface area contributed by atoms with E-state index in [0.29, 0.717) is 11.3 Å². The van der Waals surface area contributed by atoms with E-state index in [9.17, 15) is 0 Å². The first-order valence-corrected chi connectivity index (χ1v) is 5.64. The monoisotopic (exact) mass is 224 g/mol. The van der Waals surface area contributed by atoms with Crippen molar-refractivity contribution in [1.82, 2.24) is 5.43 Å². The van der Waals surface area contributed by atoms with E-state index in [-0.39, 0.29) is 6.04 Å². The van der Waals surface area contributed by atoms with Crippen LogP contribution in [-0.4, -0.2) is 0 Å². The summed E-state index contributed by atoms with van der Waals surface area (Å²) >= 11 is 5.86. The molecule has 1 fully saturated rings. The number of nitrogens with two attached hydrogens (primary N) is 1. The number of nitrogens with one attached hydrogen (secondary N) is 1. The molecule has 1 saturated carbocycles. The maximum Gasteiger partial charge on any atom is 0.0493 e. The van der Waals surface area contributed by atoms with Crippen LogP contribution in [0.2, 0.25) is 5.02 Å². The van der Waals surface area contributed by atoms with Gasteiger partial charge in [-0.05, 0) is 35.4 Å². The number of hydrazine groups is 1. The molecule has 0 amide bonds. The molecule has 0 heterocycles. The topological polar surface area (TPSA) is 38.0 Å². The lowest BCUT2D eigenvalue weighted by atomic mass is 9.98. The summed E-state index contributed by atoms with van der Waals surface area (Å²) in [5, 5.41) is 0.768. The smallest absolute Gasteiger partial charge is 0.0493 e. The Morgan fingerprint density at radius 2 is 1.93 bits per heavy atom. The van der Waals surface area contributed by atoms with E-state index >= 15 is 0 Å². The van der Waals surface area contributed by atoms with Crippen LogP contribution in [-0.2, 0) is 0 Å². The predicted molar refractivity (Wildman–Crippen MR) is 63.4 cm³/mol. The van der Waals surface area contributed by atoms with Crippen molar-refractivity contribution in [3.05, 3.63) is 34.9 Å². The van der Waals surface area contributed by atoms with Crippen molar-refractivity contribution in [2.75, 3.05) is 0 Å². The Balaban J connectivity index is 2.17. The third kappa shape index (κ3) is 2.17. The molecular formula is C12H17ClN2. The molecule has 15 heavy (non-hydrogen) atoms. The summed E-state index contributed by atoms with van der Waals surface area (Å²) in [7, 11) is 0. The molecule has 2 rings (SSSR count). The van der Waals surface area contributed by atoms with Gasteiger partial charge in [-0.3, -0.25) is 11.3 Å². The van der Waals surface area contributed by atoms with Gasteiger partial charge in [0.1, 0.15) is 0 Å². The number of rotatable bonds is 3. The first-order valence-electron chi connectivity index (χ1n) is 5.26. The van der Waals surface area contributed by atoms with Crippen LogP contribution in [0.5, 0.6) is 0 Å². The van der Waals surface area contributed by atoms with Gasteiger partial charge in [-0.15, -0.1) is 0 Å². The highest BCUT2D eigenvalue weighted by Gasteiger charge is 2.50. The predicted octanol–water partition coefficient (Wildman–Crippen LogP) is 2.89. The molecule has 0 aromatic heterocycles. The number of hydrogen-bond acceptors (Lipinski definition) is 2. The maximum absolute atomic E-state index is 5.86. The summed E-state index contributed by atoms with van der Waals surface area (Å²) < 4.78 is 0. The van der Waals surface area contributed by atoms with Gasteiger partial charge in [-0.25, -0.2) is 0 Å². The Morgan fingerprint density at radius 1 is 1.40 bits per heavy atom. The largest absolute Gasteiger partial charge is 0.271 e. The van der Waals surface area contributed by atoms with Crippen LogP contribution in [0.4, 0.5) is 0 Å². The van der Waals surface area contributed by atoms with E-state index in [1.54, 1.807) is 0 Å². The highest BCUT2D eigenvalue weighted by molar-refractivity contribution is 6.30. The second kappa shape index (κ2) is 3.78. The molecule has 1 aliphatic carbocycles. The van der Waals surface area contributed by atoms with Gasteiger partial charge in [0, 0.05) is 11.1 Å². The minimum absolute atomic E-state index is 0.247. The highest BCUT2D eigenvalue weighted by Crippen LogP contribution is 2.57. The fourth-order valence-corrected chi connectivity index (χ4v) is 2.32. The van der Waals surface area contributed by atoms with Gasteiger partial charge < -0.3 is 0 Å². The molecule has 3 heteroatoms. The maximum atomic E-state index is 5.86. The summed E-state index contributed by atoms with van der Waals surface area (Å²) in [6.45, 7) is 4.55. The molecule has 1 aromatic carbocycles. The van der Waals surface area contributed by atoms with Crippen LogP contribution in [0.15, 0.2) is 24.3 Å². The fraction of sp³-hybridized carbons (Fsp3) is 0.500. The Kier molecular flexibility index (Phi) is 2.75. The van der Waals surface area contributed by atoms with Crippen molar-refractivity contribution in [2.45, 2.75) is 26.3 Å². The molecule has 0 saturated heterocycles. The van der Waals surface area contributed by atoms with E-state index in [4.69, 9.17) is 17.4 Å². The van der Waals surface area contributed by atoms with Crippen molar-refractivity contribution in [3.63, 3.8) is 0 Å². The van der Waals surface area contributed by atoms with Crippen LogP contribution in [0.25, 0.3) is 0 Å². The van der Waals surface area contributed by atoms with E-state index in [0.717, 1.165) is 5.02 Å². The SMILES string of the molecule is CC1(C)CC1C(NN)c1ccc(Cl)cc1. The van der Waals surface area contributed by atoms with Gasteiger partial charge in [0.2, 0.25) is 0 Å². The first kappa shape index (κ1) is 10.9. The van der Waals surface area contributed by atoms with E-state index in [1.165, 1.54) is 12.0 Å². The fourth-order valence-electron chi connectivity index (χ4n) is 2.19. The standard InChI is InChI=1S/C12H17ClN2/c1-12(2)7-10(12)11(15-14)8-3-5-9(13)6-4-8/h3-6,10-11,15H,7,14H2,1-2H3. The van der Waals surface area contributed by atoms with Crippen LogP contribution < -0.4 is 11.3 Å². The molecule has 1 aromatic rings. The van der Waals surface area contributed by atoms with E-state index in [2.05, 4.69) is 19.3 Å². The molecule has 0 radical (unpaired) electrons. The molecule has 2 unspecified atom stereocenters. The third-order valence-corrected chi connectivity index (χ3v) is 3.65. The van der Waals surface area contributed by atoms with E-state index in [1.807, 2.05) is 24.3 Å². The zero-order valence-corrected chi connectivity index (χ0v) is 9.88. The summed E-state index contributed by atoms with van der Waals surface area (Å²) in [5.41, 5.74) is 4.55. The van der Waals surface area contributed by atoms with Crippen LogP contribution in [0.1, 0.15) is 31.9 Å². The zero-order valence-electron chi connectivity index (χ0n) is 9.13. The molecule has 3 N–H and O–H groups in total. The molecule has 0 spiro atoms. The summed E-state index contributed by atoms with van der Waals surface area (Å²) in [4.78, 5) is 0. The van der Waals surface area contributed by atoms with Crippen molar-refractivity contribution in [2.24, 2.45) is 17.2 Å².